The molecule has 0 aliphatic heterocycles. The Hall–Kier alpha value is -2.15. The summed E-state index contributed by atoms with van der Waals surface area (Å²) in [6.45, 7) is 2.12. The highest BCUT2D eigenvalue weighted by Gasteiger charge is 2.12. The third-order valence-corrected chi connectivity index (χ3v) is 6.71. The molecular formula is C21H19ClN4S2. The highest BCUT2D eigenvalue weighted by atomic mass is 35.5. The zero-order valence-electron chi connectivity index (χ0n) is 15.6. The van der Waals surface area contributed by atoms with E-state index in [-0.39, 0.29) is 0 Å². The molecule has 142 valence electrons. The van der Waals surface area contributed by atoms with Gasteiger partial charge in [0.1, 0.15) is 10.8 Å². The van der Waals surface area contributed by atoms with Crippen molar-refractivity contribution in [1.82, 2.24) is 19.7 Å². The molecule has 7 heteroatoms. The molecular weight excluding hydrogens is 408 g/mol. The van der Waals surface area contributed by atoms with Gasteiger partial charge in [0.2, 0.25) is 0 Å². The molecule has 0 atom stereocenters. The summed E-state index contributed by atoms with van der Waals surface area (Å²) in [6.07, 6.45) is 0.732. The van der Waals surface area contributed by atoms with E-state index in [4.69, 9.17) is 16.6 Å². The van der Waals surface area contributed by atoms with E-state index in [9.17, 15) is 0 Å². The Morgan fingerprint density at radius 1 is 1.07 bits per heavy atom. The maximum absolute atomic E-state index is 5.96. The fraction of sp³-hybridized carbons (Fsp3) is 0.190. The molecule has 0 radical (unpaired) electrons. The quantitative estimate of drug-likeness (QED) is 0.366. The lowest BCUT2D eigenvalue weighted by Gasteiger charge is -2.04. The van der Waals surface area contributed by atoms with E-state index in [1.54, 1.807) is 23.1 Å². The SMILES string of the molecule is Cc1ccccc1-c1nc(CSc2nnc(Cc3ccc(Cl)cc3)n2C)cs1. The van der Waals surface area contributed by atoms with Crippen LogP contribution in [0.3, 0.4) is 0 Å². The molecule has 4 nitrogen and oxygen atoms in total. The summed E-state index contributed by atoms with van der Waals surface area (Å²) < 4.78 is 2.05. The predicted molar refractivity (Wildman–Crippen MR) is 117 cm³/mol. The smallest absolute Gasteiger partial charge is 0.191 e. The van der Waals surface area contributed by atoms with Crippen LogP contribution in [0.5, 0.6) is 0 Å². The molecule has 2 aromatic heterocycles. The molecule has 0 spiro atoms. The third kappa shape index (κ3) is 4.29. The zero-order valence-corrected chi connectivity index (χ0v) is 18.0. The second-order valence-electron chi connectivity index (χ2n) is 6.51. The van der Waals surface area contributed by atoms with Gasteiger partial charge < -0.3 is 4.57 Å². The molecule has 0 unspecified atom stereocenters. The van der Waals surface area contributed by atoms with Gasteiger partial charge in [0.15, 0.2) is 5.16 Å². The van der Waals surface area contributed by atoms with E-state index >= 15 is 0 Å². The lowest BCUT2D eigenvalue weighted by Crippen LogP contribution is -2.00. The predicted octanol–water partition coefficient (Wildman–Crippen LogP) is 5.78. The first kappa shape index (κ1) is 19.2. The number of aryl methyl sites for hydroxylation is 1. The van der Waals surface area contributed by atoms with Crippen LogP contribution in [0, 0.1) is 6.92 Å². The Kier molecular flexibility index (Phi) is 5.80. The first-order valence-corrected chi connectivity index (χ1v) is 11.1. The molecule has 0 bridgehead atoms. The van der Waals surface area contributed by atoms with Crippen LogP contribution >= 0.6 is 34.7 Å². The zero-order chi connectivity index (χ0) is 19.5. The van der Waals surface area contributed by atoms with Crippen LogP contribution in [0.1, 0.15) is 22.6 Å². The van der Waals surface area contributed by atoms with E-state index in [1.807, 2.05) is 35.9 Å². The topological polar surface area (TPSA) is 43.6 Å². The molecule has 4 aromatic rings. The van der Waals surface area contributed by atoms with Crippen LogP contribution in [0.4, 0.5) is 0 Å². The molecule has 0 fully saturated rings. The highest BCUT2D eigenvalue weighted by molar-refractivity contribution is 7.98. The number of halogens is 1. The molecule has 0 N–H and O–H groups in total. The number of thioether (sulfide) groups is 1. The van der Waals surface area contributed by atoms with Crippen molar-refractivity contribution in [2.24, 2.45) is 7.05 Å². The Morgan fingerprint density at radius 2 is 1.86 bits per heavy atom. The second-order valence-corrected chi connectivity index (χ2v) is 8.75. The van der Waals surface area contributed by atoms with Crippen LogP contribution in [-0.2, 0) is 19.2 Å². The van der Waals surface area contributed by atoms with E-state index < -0.39 is 0 Å². The monoisotopic (exact) mass is 426 g/mol. The standard InChI is InChI=1S/C21H19ClN4S2/c1-14-5-3-4-6-18(14)20-23-17(12-27-20)13-28-21-25-24-19(26(21)2)11-15-7-9-16(22)10-8-15/h3-10,12H,11,13H2,1-2H3. The van der Waals surface area contributed by atoms with Crippen molar-refractivity contribution in [3.8, 4) is 10.6 Å². The largest absolute Gasteiger partial charge is 0.309 e. The van der Waals surface area contributed by atoms with Crippen LogP contribution in [0.15, 0.2) is 59.1 Å². The van der Waals surface area contributed by atoms with Gasteiger partial charge in [-0.3, -0.25) is 0 Å². The van der Waals surface area contributed by atoms with Gasteiger partial charge in [-0.2, -0.15) is 0 Å². The van der Waals surface area contributed by atoms with Crippen molar-refractivity contribution in [2.45, 2.75) is 24.3 Å². The Bertz CT molecular complexity index is 1090. The maximum atomic E-state index is 5.96. The van der Waals surface area contributed by atoms with Gasteiger partial charge >= 0.3 is 0 Å². The Morgan fingerprint density at radius 3 is 2.64 bits per heavy atom. The number of hydrogen-bond donors (Lipinski definition) is 0. The van der Waals surface area contributed by atoms with Crippen molar-refractivity contribution in [3.05, 3.63) is 81.6 Å². The first-order chi connectivity index (χ1) is 13.6. The van der Waals surface area contributed by atoms with E-state index in [0.29, 0.717) is 0 Å². The highest BCUT2D eigenvalue weighted by Crippen LogP contribution is 2.29. The molecule has 2 heterocycles. The summed E-state index contributed by atoms with van der Waals surface area (Å²) in [6, 6.07) is 16.2. The number of benzene rings is 2. The molecule has 0 aliphatic rings. The van der Waals surface area contributed by atoms with Gasteiger partial charge in [0.25, 0.3) is 0 Å². The van der Waals surface area contributed by atoms with Crippen LogP contribution in [-0.4, -0.2) is 19.7 Å². The molecule has 0 saturated carbocycles. The number of rotatable bonds is 6. The van der Waals surface area contributed by atoms with Gasteiger partial charge in [-0.25, -0.2) is 4.98 Å². The lowest BCUT2D eigenvalue weighted by molar-refractivity contribution is 0.748. The van der Waals surface area contributed by atoms with Gasteiger partial charge in [-0.05, 0) is 30.2 Å². The fourth-order valence-corrected chi connectivity index (χ4v) is 4.82. The van der Waals surface area contributed by atoms with Gasteiger partial charge in [0.05, 0.1) is 5.69 Å². The van der Waals surface area contributed by atoms with Crippen LogP contribution in [0.25, 0.3) is 10.6 Å². The number of aromatic nitrogens is 4. The van der Waals surface area contributed by atoms with Crippen molar-refractivity contribution in [2.75, 3.05) is 0 Å². The van der Waals surface area contributed by atoms with Crippen molar-refractivity contribution >= 4 is 34.7 Å². The van der Waals surface area contributed by atoms with Gasteiger partial charge in [-0.1, -0.05) is 59.8 Å². The third-order valence-electron chi connectivity index (χ3n) is 4.48. The summed E-state index contributed by atoms with van der Waals surface area (Å²) in [4.78, 5) is 4.80. The summed E-state index contributed by atoms with van der Waals surface area (Å²) in [7, 11) is 2.01. The lowest BCUT2D eigenvalue weighted by atomic mass is 10.1. The van der Waals surface area contributed by atoms with Crippen molar-refractivity contribution in [3.63, 3.8) is 0 Å². The maximum Gasteiger partial charge on any atom is 0.191 e. The van der Waals surface area contributed by atoms with Crippen LogP contribution in [0.2, 0.25) is 5.02 Å². The first-order valence-electron chi connectivity index (χ1n) is 8.86. The normalized spacial score (nSPS) is 11.1. The van der Waals surface area contributed by atoms with Crippen molar-refractivity contribution in [1.29, 1.82) is 0 Å². The number of nitrogens with zero attached hydrogens (tertiary/aromatic N) is 4. The van der Waals surface area contributed by atoms with E-state index in [0.717, 1.165) is 38.9 Å². The Balaban J connectivity index is 1.42. The molecule has 28 heavy (non-hydrogen) atoms. The van der Waals surface area contributed by atoms with E-state index in [1.165, 1.54) is 16.7 Å². The fourth-order valence-electron chi connectivity index (χ4n) is 2.86. The molecule has 0 saturated heterocycles. The van der Waals surface area contributed by atoms with Crippen LogP contribution < -0.4 is 0 Å². The summed E-state index contributed by atoms with van der Waals surface area (Å²) in [5.74, 6) is 1.71. The number of hydrogen-bond acceptors (Lipinski definition) is 5. The molecule has 0 amide bonds. The summed E-state index contributed by atoms with van der Waals surface area (Å²) in [5.41, 5.74) is 4.68. The minimum atomic E-state index is 0.732. The molecule has 2 aromatic carbocycles. The minimum absolute atomic E-state index is 0.732. The minimum Gasteiger partial charge on any atom is -0.309 e. The average Bonchev–Trinajstić information content (AvgIpc) is 3.30. The van der Waals surface area contributed by atoms with Gasteiger partial charge in [0, 0.05) is 35.2 Å². The molecule has 0 aliphatic carbocycles. The van der Waals surface area contributed by atoms with E-state index in [2.05, 4.69) is 46.8 Å². The van der Waals surface area contributed by atoms with Crippen molar-refractivity contribution < 1.29 is 0 Å². The second kappa shape index (κ2) is 8.47. The van der Waals surface area contributed by atoms with Gasteiger partial charge in [-0.15, -0.1) is 21.5 Å². The average molecular weight is 427 g/mol. The summed E-state index contributed by atoms with van der Waals surface area (Å²) in [5, 5.41) is 13.5. The summed E-state index contributed by atoms with van der Waals surface area (Å²) >= 11 is 9.30. The molecule has 4 rings (SSSR count). The number of thiazole rings is 1. The Labute approximate surface area is 177 Å².